The van der Waals surface area contributed by atoms with Gasteiger partial charge in [0.15, 0.2) is 6.29 Å². The van der Waals surface area contributed by atoms with Crippen LogP contribution in [0.15, 0.2) is 24.5 Å². The highest BCUT2D eigenvalue weighted by atomic mass is 16.6. The Hall–Kier alpha value is -1.09. The molecule has 0 radical (unpaired) electrons. The third-order valence-corrected chi connectivity index (χ3v) is 0.941. The molecule has 1 unspecified atom stereocenters. The van der Waals surface area contributed by atoms with E-state index in [1.54, 1.807) is 31.5 Å². The van der Waals surface area contributed by atoms with Gasteiger partial charge in [-0.1, -0.05) is 0 Å². The summed E-state index contributed by atoms with van der Waals surface area (Å²) >= 11 is 0. The number of nitrogens with zero attached hydrogens (tertiary/aromatic N) is 1. The Bertz CT molecular complexity index is 186. The van der Waals surface area contributed by atoms with Crippen LogP contribution >= 0.6 is 0 Å². The zero-order valence-electron chi connectivity index (χ0n) is 5.69. The molecular weight excluding hydrogens is 130 g/mol. The van der Waals surface area contributed by atoms with Crippen LogP contribution in [0.4, 0.5) is 0 Å². The highest BCUT2D eigenvalue weighted by Crippen LogP contribution is 2.06. The molecule has 54 valence electrons. The van der Waals surface area contributed by atoms with Crippen LogP contribution in [0.2, 0.25) is 0 Å². The summed E-state index contributed by atoms with van der Waals surface area (Å²) in [4.78, 5) is 3.80. The van der Waals surface area contributed by atoms with Gasteiger partial charge in [-0.15, -0.1) is 0 Å². The Morgan fingerprint density at radius 3 is 3.00 bits per heavy atom. The molecule has 0 saturated carbocycles. The molecule has 1 rings (SSSR count). The van der Waals surface area contributed by atoms with Gasteiger partial charge in [-0.05, 0) is 19.1 Å². The molecule has 0 amide bonds. The average molecular weight is 139 g/mol. The molecule has 1 atom stereocenters. The third-order valence-electron chi connectivity index (χ3n) is 0.941. The summed E-state index contributed by atoms with van der Waals surface area (Å²) in [5, 5.41) is 8.76. The van der Waals surface area contributed by atoms with E-state index in [-0.39, 0.29) is 0 Å². The summed E-state index contributed by atoms with van der Waals surface area (Å²) in [7, 11) is 0. The number of hydrogen-bond acceptors (Lipinski definition) is 3. The average Bonchev–Trinajstić information content (AvgIpc) is 1.88. The summed E-state index contributed by atoms with van der Waals surface area (Å²) in [6, 6.07) is 3.48. The number of ether oxygens (including phenoxy) is 1. The van der Waals surface area contributed by atoms with E-state index in [0.29, 0.717) is 5.75 Å². The maximum absolute atomic E-state index is 8.76. The third kappa shape index (κ3) is 2.03. The van der Waals surface area contributed by atoms with Gasteiger partial charge in [-0.25, -0.2) is 0 Å². The molecule has 0 fully saturated rings. The zero-order valence-corrected chi connectivity index (χ0v) is 5.69. The largest absolute Gasteiger partial charge is 0.464 e. The Kier molecular flexibility index (Phi) is 2.23. The summed E-state index contributed by atoms with van der Waals surface area (Å²) in [6.45, 7) is 1.55. The molecule has 3 nitrogen and oxygen atoms in total. The van der Waals surface area contributed by atoms with Gasteiger partial charge in [0.1, 0.15) is 5.75 Å². The van der Waals surface area contributed by atoms with Crippen molar-refractivity contribution in [1.82, 2.24) is 4.98 Å². The molecular formula is C7H9NO2. The molecule has 0 aliphatic carbocycles. The van der Waals surface area contributed by atoms with E-state index < -0.39 is 6.29 Å². The first-order valence-electron chi connectivity index (χ1n) is 3.04. The SMILES string of the molecule is CC(O)Oc1cccnc1. The van der Waals surface area contributed by atoms with Crippen LogP contribution in [0.5, 0.6) is 5.75 Å². The van der Waals surface area contributed by atoms with Gasteiger partial charge in [0.05, 0.1) is 6.20 Å². The molecule has 0 aliphatic heterocycles. The minimum atomic E-state index is -0.774. The van der Waals surface area contributed by atoms with Crippen molar-refractivity contribution in [3.05, 3.63) is 24.5 Å². The predicted molar refractivity (Wildman–Crippen MR) is 36.5 cm³/mol. The van der Waals surface area contributed by atoms with Crippen molar-refractivity contribution in [3.8, 4) is 5.75 Å². The highest BCUT2D eigenvalue weighted by molar-refractivity contribution is 5.15. The summed E-state index contributed by atoms with van der Waals surface area (Å²) in [5.74, 6) is 0.581. The molecule has 0 aliphatic rings. The van der Waals surface area contributed by atoms with Crippen LogP contribution < -0.4 is 4.74 Å². The molecule has 0 aromatic carbocycles. The summed E-state index contributed by atoms with van der Waals surface area (Å²) in [6.07, 6.45) is 2.42. The lowest BCUT2D eigenvalue weighted by molar-refractivity contribution is -0.000555. The van der Waals surface area contributed by atoms with Crippen molar-refractivity contribution in [2.45, 2.75) is 13.2 Å². The smallest absolute Gasteiger partial charge is 0.194 e. The van der Waals surface area contributed by atoms with Gasteiger partial charge in [0, 0.05) is 6.20 Å². The van der Waals surface area contributed by atoms with Crippen LogP contribution in [0, 0.1) is 0 Å². The quantitative estimate of drug-likeness (QED) is 0.616. The van der Waals surface area contributed by atoms with Gasteiger partial charge in [0.2, 0.25) is 0 Å². The number of pyridine rings is 1. The second-order valence-corrected chi connectivity index (χ2v) is 1.91. The van der Waals surface area contributed by atoms with Crippen molar-refractivity contribution in [3.63, 3.8) is 0 Å². The van der Waals surface area contributed by atoms with E-state index in [9.17, 15) is 0 Å². The Labute approximate surface area is 59.3 Å². The fourth-order valence-electron chi connectivity index (χ4n) is 0.614. The lowest BCUT2D eigenvalue weighted by Crippen LogP contribution is -2.09. The van der Waals surface area contributed by atoms with E-state index in [0.717, 1.165) is 0 Å². The molecule has 0 spiro atoms. The Morgan fingerprint density at radius 2 is 2.50 bits per heavy atom. The maximum Gasteiger partial charge on any atom is 0.194 e. The predicted octanol–water partition coefficient (Wildman–Crippen LogP) is 0.799. The Balaban J connectivity index is 2.59. The van der Waals surface area contributed by atoms with Crippen molar-refractivity contribution < 1.29 is 9.84 Å². The van der Waals surface area contributed by atoms with Crippen molar-refractivity contribution in [1.29, 1.82) is 0 Å². The second kappa shape index (κ2) is 3.17. The number of aromatic nitrogens is 1. The second-order valence-electron chi connectivity index (χ2n) is 1.91. The first-order valence-corrected chi connectivity index (χ1v) is 3.04. The minimum absolute atomic E-state index is 0.581. The Morgan fingerprint density at radius 1 is 1.70 bits per heavy atom. The monoisotopic (exact) mass is 139 g/mol. The topological polar surface area (TPSA) is 42.4 Å². The van der Waals surface area contributed by atoms with E-state index in [1.165, 1.54) is 0 Å². The lowest BCUT2D eigenvalue weighted by atomic mass is 10.5. The molecule has 1 N–H and O–H groups in total. The zero-order chi connectivity index (χ0) is 7.40. The van der Waals surface area contributed by atoms with Crippen LogP contribution in [0.25, 0.3) is 0 Å². The van der Waals surface area contributed by atoms with E-state index in [4.69, 9.17) is 9.84 Å². The first kappa shape index (κ1) is 7.02. The normalized spacial score (nSPS) is 12.6. The maximum atomic E-state index is 8.76. The van der Waals surface area contributed by atoms with Crippen LogP contribution in [-0.2, 0) is 0 Å². The molecule has 3 heteroatoms. The van der Waals surface area contributed by atoms with Gasteiger partial charge in [0.25, 0.3) is 0 Å². The fraction of sp³-hybridized carbons (Fsp3) is 0.286. The van der Waals surface area contributed by atoms with Gasteiger partial charge in [-0.2, -0.15) is 0 Å². The molecule has 1 heterocycles. The van der Waals surface area contributed by atoms with Gasteiger partial charge < -0.3 is 9.84 Å². The standard InChI is InChI=1S/C7H9NO2/c1-6(9)10-7-3-2-4-8-5-7/h2-6,9H,1H3. The molecule has 1 aromatic heterocycles. The molecule has 0 saturated heterocycles. The first-order chi connectivity index (χ1) is 4.79. The van der Waals surface area contributed by atoms with Crippen LogP contribution in [0.1, 0.15) is 6.92 Å². The highest BCUT2D eigenvalue weighted by Gasteiger charge is 1.95. The number of aliphatic hydroxyl groups excluding tert-OH is 1. The molecule has 10 heavy (non-hydrogen) atoms. The fourth-order valence-corrected chi connectivity index (χ4v) is 0.614. The van der Waals surface area contributed by atoms with Gasteiger partial charge >= 0.3 is 0 Å². The van der Waals surface area contributed by atoms with Crippen molar-refractivity contribution in [2.75, 3.05) is 0 Å². The number of rotatable bonds is 2. The van der Waals surface area contributed by atoms with Crippen LogP contribution in [0.3, 0.4) is 0 Å². The molecule has 1 aromatic rings. The van der Waals surface area contributed by atoms with Crippen molar-refractivity contribution >= 4 is 0 Å². The summed E-state index contributed by atoms with van der Waals surface area (Å²) < 4.78 is 4.91. The number of aliphatic hydroxyl groups is 1. The number of hydrogen-bond donors (Lipinski definition) is 1. The molecule has 0 bridgehead atoms. The van der Waals surface area contributed by atoms with Crippen molar-refractivity contribution in [2.24, 2.45) is 0 Å². The van der Waals surface area contributed by atoms with Gasteiger partial charge in [-0.3, -0.25) is 4.98 Å². The van der Waals surface area contributed by atoms with E-state index in [1.807, 2.05) is 0 Å². The lowest BCUT2D eigenvalue weighted by Gasteiger charge is -2.06. The van der Waals surface area contributed by atoms with E-state index >= 15 is 0 Å². The van der Waals surface area contributed by atoms with Crippen LogP contribution in [-0.4, -0.2) is 16.4 Å². The minimum Gasteiger partial charge on any atom is -0.464 e. The summed E-state index contributed by atoms with van der Waals surface area (Å²) in [5.41, 5.74) is 0. The van der Waals surface area contributed by atoms with E-state index in [2.05, 4.69) is 4.98 Å².